The molecule has 1 heterocycles. The van der Waals surface area contributed by atoms with E-state index in [1.54, 1.807) is 11.8 Å². The second kappa shape index (κ2) is 15.6. The Balaban J connectivity index is 1.45. The summed E-state index contributed by atoms with van der Waals surface area (Å²) in [6.07, 6.45) is -0.238. The summed E-state index contributed by atoms with van der Waals surface area (Å²) in [5.41, 5.74) is 1.53. The first-order valence-electron chi connectivity index (χ1n) is 16.8. The lowest BCUT2D eigenvalue weighted by molar-refractivity contribution is -0.134. The fourth-order valence-electron chi connectivity index (χ4n) is 6.21. The first-order chi connectivity index (χ1) is 24.5. The van der Waals surface area contributed by atoms with E-state index in [-0.39, 0.29) is 29.1 Å². The van der Waals surface area contributed by atoms with Crippen LogP contribution in [0.3, 0.4) is 0 Å². The number of anilines is 1. The number of halogens is 1. The van der Waals surface area contributed by atoms with Crippen molar-refractivity contribution in [3.05, 3.63) is 137 Å². The Hall–Kier alpha value is -5.11. The van der Waals surface area contributed by atoms with E-state index >= 15 is 0 Å². The van der Waals surface area contributed by atoms with E-state index in [1.165, 1.54) is 49.5 Å². The van der Waals surface area contributed by atoms with Gasteiger partial charge in [0.15, 0.2) is 0 Å². The number of nitrogens with one attached hydrogen (secondary N) is 3. The molecule has 0 bridgehead atoms. The molecule has 1 saturated heterocycles. The highest BCUT2D eigenvalue weighted by molar-refractivity contribution is 7.92. The maximum absolute atomic E-state index is 14.1. The summed E-state index contributed by atoms with van der Waals surface area (Å²) in [4.78, 5) is 43.1. The van der Waals surface area contributed by atoms with Crippen LogP contribution in [0.4, 0.5) is 10.1 Å². The van der Waals surface area contributed by atoms with Crippen LogP contribution in [-0.2, 0) is 27.8 Å². The SMILES string of the molecule is C[C@@H](NC(=O)c1cc(C(=O)N[C@@H](Cc2ccccc2)C(O)C2NC(C)(C)N(Cc3ccccc3)C2=O)cc(N(C)S(C)(=O)=O)c1)c1ccc(F)cc1. The second-order valence-corrected chi connectivity index (χ2v) is 15.6. The summed E-state index contributed by atoms with van der Waals surface area (Å²) in [6, 6.07) is 25.7. The van der Waals surface area contributed by atoms with Crippen molar-refractivity contribution >= 4 is 33.4 Å². The van der Waals surface area contributed by atoms with E-state index in [0.29, 0.717) is 12.1 Å². The predicted molar refractivity (Wildman–Crippen MR) is 197 cm³/mol. The lowest BCUT2D eigenvalue weighted by atomic mass is 9.95. The Morgan fingerprint density at radius 3 is 2.00 bits per heavy atom. The van der Waals surface area contributed by atoms with Crippen LogP contribution in [0.1, 0.15) is 64.2 Å². The number of hydrogen-bond donors (Lipinski definition) is 4. The molecule has 1 fully saturated rings. The topological polar surface area (TPSA) is 148 Å². The van der Waals surface area contributed by atoms with Crippen molar-refractivity contribution in [3.8, 4) is 0 Å². The molecule has 4 aromatic rings. The van der Waals surface area contributed by atoms with Crippen molar-refractivity contribution in [1.82, 2.24) is 20.9 Å². The van der Waals surface area contributed by atoms with Gasteiger partial charge in [-0.25, -0.2) is 12.8 Å². The summed E-state index contributed by atoms with van der Waals surface area (Å²) >= 11 is 0. The van der Waals surface area contributed by atoms with Gasteiger partial charge in [0.1, 0.15) is 11.9 Å². The molecular formula is C39H44FN5O6S. The maximum atomic E-state index is 14.1. The Bertz CT molecular complexity index is 2010. The van der Waals surface area contributed by atoms with Crippen LogP contribution in [0.2, 0.25) is 0 Å². The Kier molecular flexibility index (Phi) is 11.5. The molecule has 1 aliphatic heterocycles. The molecule has 0 aliphatic carbocycles. The third kappa shape index (κ3) is 9.02. The highest BCUT2D eigenvalue weighted by atomic mass is 32.2. The number of carbonyl (C=O) groups is 3. The van der Waals surface area contributed by atoms with Crippen LogP contribution >= 0.6 is 0 Å². The molecule has 0 saturated carbocycles. The molecule has 5 rings (SSSR count). The van der Waals surface area contributed by atoms with Gasteiger partial charge in [-0.05, 0) is 74.2 Å². The molecule has 52 heavy (non-hydrogen) atoms. The van der Waals surface area contributed by atoms with E-state index < -0.39 is 57.5 Å². The fraction of sp³-hybridized carbons (Fsp3) is 0.308. The molecule has 0 aromatic heterocycles. The molecule has 2 unspecified atom stereocenters. The molecule has 1 aliphatic rings. The zero-order valence-electron chi connectivity index (χ0n) is 29.7. The van der Waals surface area contributed by atoms with Crippen LogP contribution in [-0.4, -0.2) is 73.3 Å². The smallest absolute Gasteiger partial charge is 0.251 e. The average molecular weight is 730 g/mol. The third-order valence-electron chi connectivity index (χ3n) is 9.29. The molecule has 4 N–H and O–H groups in total. The largest absolute Gasteiger partial charge is 0.389 e. The highest BCUT2D eigenvalue weighted by Gasteiger charge is 2.49. The molecule has 274 valence electrons. The van der Waals surface area contributed by atoms with Crippen LogP contribution in [0.5, 0.6) is 0 Å². The number of aliphatic hydroxyl groups excluding tert-OH is 1. The summed E-state index contributed by atoms with van der Waals surface area (Å²) < 4.78 is 39.5. The van der Waals surface area contributed by atoms with Gasteiger partial charge in [-0.15, -0.1) is 0 Å². The molecular weight excluding hydrogens is 686 g/mol. The number of aliphatic hydroxyl groups is 1. The fourth-order valence-corrected chi connectivity index (χ4v) is 6.70. The van der Waals surface area contributed by atoms with Crippen molar-refractivity contribution in [1.29, 1.82) is 0 Å². The van der Waals surface area contributed by atoms with Crippen LogP contribution < -0.4 is 20.3 Å². The van der Waals surface area contributed by atoms with Crippen molar-refractivity contribution in [3.63, 3.8) is 0 Å². The van der Waals surface area contributed by atoms with Gasteiger partial charge >= 0.3 is 0 Å². The van der Waals surface area contributed by atoms with Crippen molar-refractivity contribution < 1.29 is 32.3 Å². The van der Waals surface area contributed by atoms with Gasteiger partial charge in [0.05, 0.1) is 35.8 Å². The molecule has 3 amide bonds. The number of nitrogens with zero attached hydrogens (tertiary/aromatic N) is 2. The molecule has 4 atom stereocenters. The maximum Gasteiger partial charge on any atom is 0.251 e. The number of sulfonamides is 1. The van der Waals surface area contributed by atoms with Gasteiger partial charge in [0, 0.05) is 24.7 Å². The molecule has 4 aromatic carbocycles. The average Bonchev–Trinajstić information content (AvgIpc) is 3.34. The monoisotopic (exact) mass is 729 g/mol. The molecule has 0 spiro atoms. The van der Waals surface area contributed by atoms with E-state index in [2.05, 4.69) is 16.0 Å². The minimum atomic E-state index is -3.80. The van der Waals surface area contributed by atoms with Gasteiger partial charge in [0.2, 0.25) is 15.9 Å². The Labute approximate surface area is 303 Å². The third-order valence-corrected chi connectivity index (χ3v) is 10.5. The van der Waals surface area contributed by atoms with Gasteiger partial charge < -0.3 is 20.6 Å². The summed E-state index contributed by atoms with van der Waals surface area (Å²) in [7, 11) is -2.50. The zero-order valence-corrected chi connectivity index (χ0v) is 30.5. The van der Waals surface area contributed by atoms with E-state index in [0.717, 1.165) is 21.7 Å². The number of rotatable bonds is 13. The molecule has 11 nitrogen and oxygen atoms in total. The number of carbonyl (C=O) groups excluding carboxylic acids is 3. The van der Waals surface area contributed by atoms with Gasteiger partial charge in [-0.1, -0.05) is 72.8 Å². The van der Waals surface area contributed by atoms with E-state index in [1.807, 2.05) is 74.5 Å². The van der Waals surface area contributed by atoms with Gasteiger partial charge in [-0.2, -0.15) is 0 Å². The van der Waals surface area contributed by atoms with Crippen molar-refractivity contribution in [2.24, 2.45) is 0 Å². The molecule has 13 heteroatoms. The van der Waals surface area contributed by atoms with Crippen LogP contribution in [0.25, 0.3) is 0 Å². The first kappa shape index (κ1) is 38.1. The van der Waals surface area contributed by atoms with Gasteiger partial charge in [0.25, 0.3) is 11.8 Å². The zero-order chi connectivity index (χ0) is 37.8. The van der Waals surface area contributed by atoms with E-state index in [4.69, 9.17) is 0 Å². The quantitative estimate of drug-likeness (QED) is 0.162. The number of amides is 3. The lowest BCUT2D eigenvalue weighted by Gasteiger charge is -2.31. The molecule has 0 radical (unpaired) electrons. The van der Waals surface area contributed by atoms with Crippen LogP contribution in [0, 0.1) is 5.82 Å². The van der Waals surface area contributed by atoms with Gasteiger partial charge in [-0.3, -0.25) is 24.0 Å². The van der Waals surface area contributed by atoms with Crippen molar-refractivity contribution in [2.75, 3.05) is 17.6 Å². The lowest BCUT2D eigenvalue weighted by Crippen LogP contribution is -2.55. The minimum absolute atomic E-state index is 0.00166. The first-order valence-corrected chi connectivity index (χ1v) is 18.7. The standard InChI is InChI=1S/C39H44FN5O6S/c1-25(28-16-18-31(40)19-17-28)41-36(47)29-21-30(23-32(22-29)44(4)52(5,50)51)37(48)42-33(20-26-12-8-6-9-13-26)35(46)34-38(49)45(39(2,3)43-34)24-27-14-10-7-11-15-27/h6-19,21-23,25,33-35,43,46H,20,24H2,1-5H3,(H,41,47)(H,42,48)/t25-,33+,34?,35?/m1/s1. The Morgan fingerprint density at radius 1 is 0.904 bits per heavy atom. The summed E-state index contributed by atoms with van der Waals surface area (Å²) in [5.74, 6) is -2.06. The second-order valence-electron chi connectivity index (χ2n) is 13.6. The Morgan fingerprint density at radius 2 is 1.44 bits per heavy atom. The minimum Gasteiger partial charge on any atom is -0.389 e. The van der Waals surface area contributed by atoms with Crippen LogP contribution in [0.15, 0.2) is 103 Å². The summed E-state index contributed by atoms with van der Waals surface area (Å²) in [5, 5.41) is 20.8. The van der Waals surface area contributed by atoms with Crippen molar-refractivity contribution in [2.45, 2.75) is 63.6 Å². The predicted octanol–water partition coefficient (Wildman–Crippen LogP) is 4.15. The highest BCUT2D eigenvalue weighted by Crippen LogP contribution is 2.28. The van der Waals surface area contributed by atoms with E-state index in [9.17, 15) is 32.3 Å². The number of hydrogen-bond acceptors (Lipinski definition) is 7. The summed E-state index contributed by atoms with van der Waals surface area (Å²) in [6.45, 7) is 5.71. The normalized spacial score (nSPS) is 17.2. The number of benzene rings is 4.